The highest BCUT2D eigenvalue weighted by Gasteiger charge is 2.14. The number of aromatic amines is 2. The van der Waals surface area contributed by atoms with E-state index in [0.29, 0.717) is 17.8 Å². The number of carboxylic acid groups (broad SMARTS) is 1. The van der Waals surface area contributed by atoms with Gasteiger partial charge in [-0.2, -0.15) is 0 Å². The second kappa shape index (κ2) is 8.06. The molecule has 0 saturated carbocycles. The number of fused-ring (bicyclic) bond motifs is 1. The Morgan fingerprint density at radius 2 is 1.90 bits per heavy atom. The first-order valence-electron chi connectivity index (χ1n) is 9.97. The van der Waals surface area contributed by atoms with E-state index >= 15 is 0 Å². The van der Waals surface area contributed by atoms with Crippen molar-refractivity contribution in [2.24, 2.45) is 10.2 Å². The van der Waals surface area contributed by atoms with Crippen LogP contribution < -0.4 is 5.56 Å². The zero-order valence-corrected chi connectivity index (χ0v) is 17.6. The first kappa shape index (κ1) is 20.3. The fourth-order valence-corrected chi connectivity index (χ4v) is 3.53. The molecule has 2 aromatic heterocycles. The number of aromatic nitrogens is 3. The largest absolute Gasteiger partial charge is 0.481 e. The van der Waals surface area contributed by atoms with E-state index in [-0.39, 0.29) is 17.7 Å². The fraction of sp³-hybridized carbons (Fsp3) is 0.217. The van der Waals surface area contributed by atoms with Crippen molar-refractivity contribution in [2.75, 3.05) is 0 Å². The molecule has 0 unspecified atom stereocenters. The van der Waals surface area contributed by atoms with Crippen molar-refractivity contribution in [3.8, 4) is 5.69 Å². The van der Waals surface area contributed by atoms with Crippen LogP contribution in [0, 0.1) is 20.8 Å². The summed E-state index contributed by atoms with van der Waals surface area (Å²) >= 11 is 0. The van der Waals surface area contributed by atoms with Crippen LogP contribution >= 0.6 is 0 Å². The second-order valence-electron chi connectivity index (χ2n) is 7.60. The maximum Gasteiger partial charge on any atom is 0.303 e. The number of azo groups is 1. The molecular formula is C23H23N5O3. The van der Waals surface area contributed by atoms with E-state index in [1.54, 1.807) is 19.2 Å². The van der Waals surface area contributed by atoms with Crippen LogP contribution in [0.2, 0.25) is 0 Å². The average Bonchev–Trinajstić information content (AvgIpc) is 3.28. The third-order valence-electron chi connectivity index (χ3n) is 5.43. The van der Waals surface area contributed by atoms with Gasteiger partial charge in [0.05, 0.1) is 16.9 Å². The van der Waals surface area contributed by atoms with Gasteiger partial charge in [0.15, 0.2) is 5.69 Å². The SMILES string of the molecule is Cc1ccc(-n2[nH]c(C)c(N=Nc3cccc4c(CCC(=O)O)c[nH]c34)c2=O)cc1C. The third-order valence-corrected chi connectivity index (χ3v) is 5.43. The Labute approximate surface area is 178 Å². The molecule has 0 saturated heterocycles. The predicted molar refractivity (Wildman–Crippen MR) is 119 cm³/mol. The Morgan fingerprint density at radius 3 is 2.65 bits per heavy atom. The molecule has 0 aliphatic heterocycles. The minimum atomic E-state index is -0.840. The van der Waals surface area contributed by atoms with Crippen LogP contribution in [0.3, 0.4) is 0 Å². The lowest BCUT2D eigenvalue weighted by molar-refractivity contribution is -0.136. The summed E-state index contributed by atoms with van der Waals surface area (Å²) in [6.07, 6.45) is 2.27. The zero-order valence-electron chi connectivity index (χ0n) is 17.6. The number of para-hydroxylation sites is 1. The van der Waals surface area contributed by atoms with Crippen LogP contribution in [0.15, 0.2) is 57.6 Å². The lowest BCUT2D eigenvalue weighted by Crippen LogP contribution is -2.14. The Bertz CT molecular complexity index is 1370. The number of rotatable bonds is 6. The summed E-state index contributed by atoms with van der Waals surface area (Å²) in [5.74, 6) is -0.840. The van der Waals surface area contributed by atoms with Gasteiger partial charge in [0.25, 0.3) is 5.56 Å². The molecule has 4 aromatic rings. The van der Waals surface area contributed by atoms with Crippen LogP contribution in [-0.2, 0) is 11.2 Å². The van der Waals surface area contributed by atoms with Crippen molar-refractivity contribution in [3.63, 3.8) is 0 Å². The molecule has 0 amide bonds. The van der Waals surface area contributed by atoms with Gasteiger partial charge in [0.2, 0.25) is 0 Å². The molecule has 4 rings (SSSR count). The first-order chi connectivity index (χ1) is 14.8. The van der Waals surface area contributed by atoms with Crippen molar-refractivity contribution in [1.29, 1.82) is 0 Å². The Hall–Kier alpha value is -3.94. The molecule has 0 bridgehead atoms. The summed E-state index contributed by atoms with van der Waals surface area (Å²) < 4.78 is 1.47. The fourth-order valence-electron chi connectivity index (χ4n) is 3.53. The zero-order chi connectivity index (χ0) is 22.1. The lowest BCUT2D eigenvalue weighted by atomic mass is 10.1. The van der Waals surface area contributed by atoms with Crippen molar-refractivity contribution in [2.45, 2.75) is 33.6 Å². The molecule has 0 fully saturated rings. The summed E-state index contributed by atoms with van der Waals surface area (Å²) in [5.41, 5.74) is 5.83. The summed E-state index contributed by atoms with van der Waals surface area (Å²) in [4.78, 5) is 27.0. The number of nitrogens with zero attached hydrogens (tertiary/aromatic N) is 3. The van der Waals surface area contributed by atoms with E-state index in [1.807, 2.05) is 44.2 Å². The Balaban J connectivity index is 1.68. The highest BCUT2D eigenvalue weighted by atomic mass is 16.4. The van der Waals surface area contributed by atoms with Gasteiger partial charge in [-0.25, -0.2) is 4.68 Å². The average molecular weight is 417 g/mol. The van der Waals surface area contributed by atoms with E-state index in [2.05, 4.69) is 20.3 Å². The lowest BCUT2D eigenvalue weighted by Gasteiger charge is -2.05. The van der Waals surface area contributed by atoms with Gasteiger partial charge in [-0.05, 0) is 62.1 Å². The molecule has 8 nitrogen and oxygen atoms in total. The van der Waals surface area contributed by atoms with Crippen molar-refractivity contribution in [1.82, 2.24) is 14.8 Å². The van der Waals surface area contributed by atoms with E-state index < -0.39 is 5.97 Å². The molecule has 0 aliphatic rings. The van der Waals surface area contributed by atoms with E-state index in [0.717, 1.165) is 33.3 Å². The molecule has 31 heavy (non-hydrogen) atoms. The number of hydrogen-bond donors (Lipinski definition) is 3. The van der Waals surface area contributed by atoms with Crippen molar-refractivity contribution >= 4 is 28.2 Å². The number of carbonyl (C=O) groups is 1. The molecule has 0 spiro atoms. The molecule has 0 atom stereocenters. The van der Waals surface area contributed by atoms with E-state index in [4.69, 9.17) is 5.11 Å². The quantitative estimate of drug-likeness (QED) is 0.383. The van der Waals surface area contributed by atoms with Crippen LogP contribution in [-0.4, -0.2) is 25.8 Å². The number of carboxylic acids is 1. The number of nitrogens with one attached hydrogen (secondary N) is 2. The van der Waals surface area contributed by atoms with Crippen LogP contribution in [0.25, 0.3) is 16.6 Å². The van der Waals surface area contributed by atoms with E-state index in [9.17, 15) is 9.59 Å². The first-order valence-corrected chi connectivity index (χ1v) is 9.97. The molecular weight excluding hydrogens is 394 g/mol. The summed E-state index contributed by atoms with van der Waals surface area (Å²) in [7, 11) is 0. The predicted octanol–water partition coefficient (Wildman–Crippen LogP) is 5.00. The second-order valence-corrected chi connectivity index (χ2v) is 7.60. The maximum atomic E-state index is 12.9. The number of aliphatic carboxylic acids is 1. The molecule has 0 aliphatic carbocycles. The van der Waals surface area contributed by atoms with Gasteiger partial charge in [-0.3, -0.25) is 14.7 Å². The third kappa shape index (κ3) is 3.92. The highest BCUT2D eigenvalue weighted by molar-refractivity contribution is 5.92. The van der Waals surface area contributed by atoms with E-state index in [1.165, 1.54) is 4.68 Å². The molecule has 3 N–H and O–H groups in total. The van der Waals surface area contributed by atoms with Crippen LogP contribution in [0.1, 0.15) is 28.8 Å². The standard InChI is InChI=1S/C23H23N5O3/c1-13-7-9-17(11-14(13)2)28-23(31)21(15(3)27-28)26-25-19-6-4-5-18-16(8-10-20(29)30)12-24-22(18)19/h4-7,9,11-12,24,27H,8,10H2,1-3H3,(H,29,30). The van der Waals surface area contributed by atoms with Gasteiger partial charge in [0, 0.05) is 18.0 Å². The molecule has 8 heteroatoms. The smallest absolute Gasteiger partial charge is 0.303 e. The van der Waals surface area contributed by atoms with Crippen LogP contribution in [0.5, 0.6) is 0 Å². The Kier molecular flexibility index (Phi) is 5.29. The normalized spacial score (nSPS) is 11.6. The topological polar surface area (TPSA) is 116 Å². The van der Waals surface area contributed by atoms with Gasteiger partial charge in [-0.1, -0.05) is 18.2 Å². The maximum absolute atomic E-state index is 12.9. The molecule has 0 radical (unpaired) electrons. The van der Waals surface area contributed by atoms with Gasteiger partial charge < -0.3 is 10.1 Å². The highest BCUT2D eigenvalue weighted by Crippen LogP contribution is 2.29. The van der Waals surface area contributed by atoms with Crippen molar-refractivity contribution in [3.05, 3.63) is 75.3 Å². The molecule has 2 heterocycles. The van der Waals surface area contributed by atoms with Crippen molar-refractivity contribution < 1.29 is 9.90 Å². The van der Waals surface area contributed by atoms with Crippen LogP contribution in [0.4, 0.5) is 11.4 Å². The monoisotopic (exact) mass is 417 g/mol. The van der Waals surface area contributed by atoms with Gasteiger partial charge in [0.1, 0.15) is 5.69 Å². The van der Waals surface area contributed by atoms with Gasteiger partial charge >= 0.3 is 5.97 Å². The number of benzene rings is 2. The number of aryl methyl sites for hydroxylation is 4. The summed E-state index contributed by atoms with van der Waals surface area (Å²) in [5, 5.41) is 21.5. The minimum Gasteiger partial charge on any atom is -0.481 e. The minimum absolute atomic E-state index is 0.0548. The number of H-pyrrole nitrogens is 2. The number of hydrogen-bond acceptors (Lipinski definition) is 4. The summed E-state index contributed by atoms with van der Waals surface area (Å²) in [6.45, 7) is 5.81. The molecule has 158 valence electrons. The molecule has 2 aromatic carbocycles. The summed E-state index contributed by atoms with van der Waals surface area (Å²) in [6, 6.07) is 11.4. The Morgan fingerprint density at radius 1 is 1.10 bits per heavy atom. The van der Waals surface area contributed by atoms with Gasteiger partial charge in [-0.15, -0.1) is 10.2 Å².